The molecule has 0 aliphatic heterocycles. The fourth-order valence-electron chi connectivity index (χ4n) is 2.87. The molecule has 0 saturated heterocycles. The van der Waals surface area contributed by atoms with Crippen LogP contribution in [0.5, 0.6) is 0 Å². The zero-order valence-electron chi connectivity index (χ0n) is 12.0. The summed E-state index contributed by atoms with van der Waals surface area (Å²) < 4.78 is 0. The van der Waals surface area contributed by atoms with Crippen molar-refractivity contribution in [3.8, 4) is 0 Å². The van der Waals surface area contributed by atoms with Gasteiger partial charge in [-0.3, -0.25) is 0 Å². The molecule has 0 aromatic heterocycles. The molecule has 20 heavy (non-hydrogen) atoms. The van der Waals surface area contributed by atoms with E-state index in [4.69, 9.17) is 10.9 Å². The van der Waals surface area contributed by atoms with Crippen LogP contribution in [-0.4, -0.2) is 17.6 Å². The summed E-state index contributed by atoms with van der Waals surface area (Å²) in [6, 6.07) is 7.79. The third-order valence-corrected chi connectivity index (χ3v) is 4.14. The van der Waals surface area contributed by atoms with E-state index in [-0.39, 0.29) is 5.84 Å². The Morgan fingerprint density at radius 2 is 1.90 bits per heavy atom. The van der Waals surface area contributed by atoms with Crippen molar-refractivity contribution in [1.29, 1.82) is 0 Å². The number of hydrogen-bond donors (Lipinski definition) is 3. The first kappa shape index (κ1) is 14.9. The molecule has 1 saturated carbocycles. The summed E-state index contributed by atoms with van der Waals surface area (Å²) in [6.45, 7) is 1.97. The smallest absolute Gasteiger partial charge is 0.170 e. The maximum Gasteiger partial charge on any atom is 0.170 e. The second-order valence-corrected chi connectivity index (χ2v) is 5.65. The zero-order chi connectivity index (χ0) is 14.2. The number of hydrogen-bond acceptors (Lipinski definition) is 3. The van der Waals surface area contributed by atoms with E-state index in [1.807, 2.05) is 24.3 Å². The second-order valence-electron chi connectivity index (χ2n) is 5.65. The molecule has 0 atom stereocenters. The highest BCUT2D eigenvalue weighted by atomic mass is 16.4. The van der Waals surface area contributed by atoms with E-state index >= 15 is 0 Å². The molecule has 2 rings (SSSR count). The van der Waals surface area contributed by atoms with Crippen LogP contribution in [0.1, 0.15) is 49.7 Å². The molecule has 110 valence electrons. The predicted octanol–water partition coefficient (Wildman–Crippen LogP) is 2.84. The Labute approximate surface area is 121 Å². The predicted molar refractivity (Wildman–Crippen MR) is 81.9 cm³/mol. The number of rotatable bonds is 6. The van der Waals surface area contributed by atoms with Crippen LogP contribution < -0.4 is 11.1 Å². The summed E-state index contributed by atoms with van der Waals surface area (Å²) in [4.78, 5) is 0. The number of nitrogens with one attached hydrogen (secondary N) is 1. The molecule has 1 aliphatic carbocycles. The van der Waals surface area contributed by atoms with E-state index in [1.165, 1.54) is 44.1 Å². The summed E-state index contributed by atoms with van der Waals surface area (Å²) in [5.41, 5.74) is 7.51. The van der Waals surface area contributed by atoms with Gasteiger partial charge < -0.3 is 16.3 Å². The van der Waals surface area contributed by atoms with Crippen molar-refractivity contribution < 1.29 is 5.21 Å². The lowest BCUT2D eigenvalue weighted by atomic mass is 9.87. The lowest BCUT2D eigenvalue weighted by molar-refractivity contribution is 0.318. The number of oxime groups is 1. The lowest BCUT2D eigenvalue weighted by Gasteiger charge is -2.21. The van der Waals surface area contributed by atoms with Gasteiger partial charge in [0, 0.05) is 12.1 Å². The molecule has 0 unspecified atom stereocenters. The number of nitrogens with two attached hydrogens (primary N) is 1. The van der Waals surface area contributed by atoms with Crippen LogP contribution in [0.2, 0.25) is 0 Å². The molecule has 0 heterocycles. The van der Waals surface area contributed by atoms with Gasteiger partial charge in [0.15, 0.2) is 5.84 Å². The maximum atomic E-state index is 8.61. The average molecular weight is 275 g/mol. The topological polar surface area (TPSA) is 70.6 Å². The Kier molecular flexibility index (Phi) is 5.87. The SMILES string of the molecule is NC(=NO)c1ccc(CNCCC2CCCCC2)cc1. The fraction of sp³-hybridized carbons (Fsp3) is 0.562. The first-order chi connectivity index (χ1) is 9.79. The third-order valence-electron chi connectivity index (χ3n) is 4.14. The van der Waals surface area contributed by atoms with Crippen molar-refractivity contribution in [2.45, 2.75) is 45.1 Å². The molecule has 1 aromatic carbocycles. The summed E-state index contributed by atoms with van der Waals surface area (Å²) in [7, 11) is 0. The van der Waals surface area contributed by atoms with Gasteiger partial charge in [-0.2, -0.15) is 0 Å². The van der Waals surface area contributed by atoms with E-state index in [1.54, 1.807) is 0 Å². The molecule has 0 bridgehead atoms. The molecule has 0 radical (unpaired) electrons. The molecule has 4 heteroatoms. The molecule has 1 fully saturated rings. The average Bonchev–Trinajstić information content (AvgIpc) is 2.52. The fourth-order valence-corrected chi connectivity index (χ4v) is 2.87. The Balaban J connectivity index is 1.68. The highest BCUT2D eigenvalue weighted by molar-refractivity contribution is 5.96. The Hall–Kier alpha value is -1.55. The Morgan fingerprint density at radius 1 is 1.20 bits per heavy atom. The maximum absolute atomic E-state index is 8.61. The molecule has 4 nitrogen and oxygen atoms in total. The zero-order valence-corrected chi connectivity index (χ0v) is 12.0. The van der Waals surface area contributed by atoms with E-state index in [9.17, 15) is 0 Å². The van der Waals surface area contributed by atoms with Crippen molar-refractivity contribution in [3.63, 3.8) is 0 Å². The van der Waals surface area contributed by atoms with Crippen molar-refractivity contribution in [2.75, 3.05) is 6.54 Å². The minimum absolute atomic E-state index is 0.154. The lowest BCUT2D eigenvalue weighted by Crippen LogP contribution is -2.19. The Morgan fingerprint density at radius 3 is 2.55 bits per heavy atom. The van der Waals surface area contributed by atoms with Gasteiger partial charge in [-0.05, 0) is 24.4 Å². The highest BCUT2D eigenvalue weighted by Crippen LogP contribution is 2.25. The Bertz CT molecular complexity index is 422. The van der Waals surface area contributed by atoms with Gasteiger partial charge in [0.2, 0.25) is 0 Å². The number of amidine groups is 1. The minimum atomic E-state index is 0.154. The van der Waals surface area contributed by atoms with Gasteiger partial charge >= 0.3 is 0 Å². The minimum Gasteiger partial charge on any atom is -0.409 e. The van der Waals surface area contributed by atoms with Crippen LogP contribution in [0.3, 0.4) is 0 Å². The molecule has 0 amide bonds. The van der Waals surface area contributed by atoms with Gasteiger partial charge in [-0.1, -0.05) is 61.5 Å². The third kappa shape index (κ3) is 4.53. The van der Waals surface area contributed by atoms with Gasteiger partial charge in [0.25, 0.3) is 0 Å². The summed E-state index contributed by atoms with van der Waals surface area (Å²) >= 11 is 0. The van der Waals surface area contributed by atoms with E-state index in [0.717, 1.165) is 24.6 Å². The molecular formula is C16H25N3O. The van der Waals surface area contributed by atoms with Gasteiger partial charge in [0.1, 0.15) is 0 Å². The van der Waals surface area contributed by atoms with Crippen LogP contribution >= 0.6 is 0 Å². The molecule has 1 aliphatic rings. The van der Waals surface area contributed by atoms with E-state index in [0.29, 0.717) is 0 Å². The first-order valence-electron chi connectivity index (χ1n) is 7.57. The molecular weight excluding hydrogens is 250 g/mol. The summed E-state index contributed by atoms with van der Waals surface area (Å²) in [5, 5.41) is 15.1. The van der Waals surface area contributed by atoms with Crippen LogP contribution in [-0.2, 0) is 6.54 Å². The summed E-state index contributed by atoms with van der Waals surface area (Å²) in [6.07, 6.45) is 8.38. The first-order valence-corrected chi connectivity index (χ1v) is 7.57. The van der Waals surface area contributed by atoms with Crippen LogP contribution in [0.25, 0.3) is 0 Å². The largest absolute Gasteiger partial charge is 0.409 e. The van der Waals surface area contributed by atoms with Crippen LogP contribution in [0.4, 0.5) is 0 Å². The molecule has 4 N–H and O–H groups in total. The summed E-state index contributed by atoms with van der Waals surface area (Å²) in [5.74, 6) is 1.08. The monoisotopic (exact) mass is 275 g/mol. The number of nitrogens with zero attached hydrogens (tertiary/aromatic N) is 1. The van der Waals surface area contributed by atoms with Crippen molar-refractivity contribution in [2.24, 2.45) is 16.8 Å². The van der Waals surface area contributed by atoms with Gasteiger partial charge in [-0.15, -0.1) is 0 Å². The second kappa shape index (κ2) is 7.90. The van der Waals surface area contributed by atoms with Crippen molar-refractivity contribution >= 4 is 5.84 Å². The van der Waals surface area contributed by atoms with Crippen molar-refractivity contribution in [3.05, 3.63) is 35.4 Å². The standard InChI is InChI=1S/C16H25N3O/c17-16(19-20)15-8-6-14(7-9-15)12-18-11-10-13-4-2-1-3-5-13/h6-9,13,18,20H,1-5,10-12H2,(H2,17,19). The van der Waals surface area contributed by atoms with E-state index < -0.39 is 0 Å². The van der Waals surface area contributed by atoms with Crippen LogP contribution in [0.15, 0.2) is 29.4 Å². The molecule has 0 spiro atoms. The molecule has 1 aromatic rings. The quantitative estimate of drug-likeness (QED) is 0.246. The van der Waals surface area contributed by atoms with Gasteiger partial charge in [0.05, 0.1) is 0 Å². The van der Waals surface area contributed by atoms with E-state index in [2.05, 4.69) is 10.5 Å². The van der Waals surface area contributed by atoms with Gasteiger partial charge in [-0.25, -0.2) is 0 Å². The highest BCUT2D eigenvalue weighted by Gasteiger charge is 2.12. The van der Waals surface area contributed by atoms with Crippen molar-refractivity contribution in [1.82, 2.24) is 5.32 Å². The van der Waals surface area contributed by atoms with Crippen LogP contribution in [0, 0.1) is 5.92 Å². The normalized spacial score (nSPS) is 17.3. The number of benzene rings is 1.